The van der Waals surface area contributed by atoms with Gasteiger partial charge in [0, 0.05) is 5.02 Å². The van der Waals surface area contributed by atoms with Crippen LogP contribution < -0.4 is 10.1 Å². The molecule has 0 aromatic heterocycles. The average Bonchev–Trinajstić information content (AvgIpc) is 2.40. The molecular weight excluding hydrogens is 353 g/mol. The Labute approximate surface area is 137 Å². The standard InChI is InChI=1S/C12H17ClNO7P.H2O/c1-3-20-11(15)7-14-12(16,22(17,18)19)21-9-4-5-10(13)8(2)6-9;/h4-6,14,16H,3,7H2,1-2H3,(H2,17,18,19);1H2. The van der Waals surface area contributed by atoms with E-state index < -0.39 is 25.8 Å². The second kappa shape index (κ2) is 8.60. The normalized spacial score (nSPS) is 13.7. The zero-order valence-electron chi connectivity index (χ0n) is 12.4. The summed E-state index contributed by atoms with van der Waals surface area (Å²) in [5.74, 6) is -0.839. The van der Waals surface area contributed by atoms with Gasteiger partial charge in [0.2, 0.25) is 0 Å². The maximum Gasteiger partial charge on any atom is 0.414 e. The third-order valence-electron chi connectivity index (χ3n) is 2.55. The molecule has 1 aromatic rings. The minimum atomic E-state index is -5.17. The molecule has 1 atom stereocenters. The summed E-state index contributed by atoms with van der Waals surface area (Å²) in [5, 5.41) is 12.4. The van der Waals surface area contributed by atoms with E-state index in [-0.39, 0.29) is 17.8 Å². The van der Waals surface area contributed by atoms with Crippen LogP contribution in [0, 0.1) is 6.92 Å². The Balaban J connectivity index is 0.00000484. The van der Waals surface area contributed by atoms with Crippen LogP contribution in [0.25, 0.3) is 0 Å². The molecule has 0 bridgehead atoms. The first-order valence-electron chi connectivity index (χ1n) is 6.23. The molecule has 0 aliphatic rings. The molecule has 1 rings (SSSR count). The van der Waals surface area contributed by atoms with Gasteiger partial charge >= 0.3 is 19.2 Å². The third-order valence-corrected chi connectivity index (χ3v) is 4.02. The Morgan fingerprint density at radius 2 is 2.04 bits per heavy atom. The second-order valence-electron chi connectivity index (χ2n) is 4.32. The van der Waals surface area contributed by atoms with E-state index in [2.05, 4.69) is 4.74 Å². The highest BCUT2D eigenvalue weighted by atomic mass is 35.5. The highest BCUT2D eigenvalue weighted by molar-refractivity contribution is 7.53. The zero-order chi connectivity index (χ0) is 17.0. The minimum Gasteiger partial charge on any atom is -0.465 e. The lowest BCUT2D eigenvalue weighted by atomic mass is 10.2. The van der Waals surface area contributed by atoms with Crippen molar-refractivity contribution in [3.63, 3.8) is 0 Å². The maximum atomic E-state index is 11.5. The van der Waals surface area contributed by atoms with Gasteiger partial charge in [-0.15, -0.1) is 0 Å². The van der Waals surface area contributed by atoms with Gasteiger partial charge in [0.25, 0.3) is 0 Å². The summed E-state index contributed by atoms with van der Waals surface area (Å²) in [6.45, 7) is 2.66. The van der Waals surface area contributed by atoms with Crippen molar-refractivity contribution in [2.24, 2.45) is 0 Å². The number of hydrogen-bond donors (Lipinski definition) is 4. The van der Waals surface area contributed by atoms with Gasteiger partial charge in [-0.25, -0.2) is 5.32 Å². The maximum absolute atomic E-state index is 11.5. The van der Waals surface area contributed by atoms with Crippen molar-refractivity contribution >= 4 is 25.2 Å². The van der Waals surface area contributed by atoms with Crippen LogP contribution in [0.5, 0.6) is 5.75 Å². The molecule has 0 aliphatic heterocycles. The van der Waals surface area contributed by atoms with Crippen LogP contribution in [0.3, 0.4) is 0 Å². The van der Waals surface area contributed by atoms with E-state index in [9.17, 15) is 24.3 Å². The molecule has 0 heterocycles. The molecule has 1 aromatic carbocycles. The first kappa shape index (κ1) is 21.8. The smallest absolute Gasteiger partial charge is 0.414 e. The molecule has 0 saturated heterocycles. The lowest BCUT2D eigenvalue weighted by Gasteiger charge is -2.29. The third kappa shape index (κ3) is 6.08. The van der Waals surface area contributed by atoms with Crippen LogP contribution in [0.1, 0.15) is 12.5 Å². The quantitative estimate of drug-likeness (QED) is 0.299. The number of carbonyl (C=O) groups is 1. The molecule has 0 saturated carbocycles. The van der Waals surface area contributed by atoms with Gasteiger partial charge in [-0.1, -0.05) is 11.6 Å². The lowest BCUT2D eigenvalue weighted by Crippen LogP contribution is -2.52. The van der Waals surface area contributed by atoms with Gasteiger partial charge in [-0.05, 0) is 37.6 Å². The van der Waals surface area contributed by atoms with Crippen LogP contribution >= 0.6 is 19.2 Å². The molecule has 9 nitrogen and oxygen atoms in total. The minimum absolute atomic E-state index is 0. The first-order chi connectivity index (χ1) is 10.1. The Morgan fingerprint density at radius 3 is 2.52 bits per heavy atom. The fraction of sp³-hybridized carbons (Fsp3) is 0.417. The number of nitrogens with one attached hydrogen (secondary N) is 1. The molecule has 0 radical (unpaired) electrons. The first-order valence-corrected chi connectivity index (χ1v) is 8.22. The van der Waals surface area contributed by atoms with Crippen LogP contribution in [0.4, 0.5) is 0 Å². The summed E-state index contributed by atoms with van der Waals surface area (Å²) in [6, 6.07) is 4.15. The number of halogens is 1. The highest BCUT2D eigenvalue weighted by Gasteiger charge is 2.49. The summed E-state index contributed by atoms with van der Waals surface area (Å²) < 4.78 is 21.0. The molecule has 0 spiro atoms. The van der Waals surface area contributed by atoms with Crippen molar-refractivity contribution in [1.82, 2.24) is 5.32 Å². The fourth-order valence-corrected chi connectivity index (χ4v) is 2.07. The lowest BCUT2D eigenvalue weighted by molar-refractivity contribution is -0.148. The highest BCUT2D eigenvalue weighted by Crippen LogP contribution is 2.47. The van der Waals surface area contributed by atoms with Crippen LogP contribution in [-0.2, 0) is 14.1 Å². The van der Waals surface area contributed by atoms with Crippen molar-refractivity contribution in [3.8, 4) is 5.75 Å². The van der Waals surface area contributed by atoms with Gasteiger partial charge in [0.15, 0.2) is 0 Å². The molecule has 0 amide bonds. The van der Waals surface area contributed by atoms with Gasteiger partial charge in [-0.3, -0.25) is 9.36 Å². The van der Waals surface area contributed by atoms with Crippen molar-refractivity contribution in [3.05, 3.63) is 28.8 Å². The summed E-state index contributed by atoms with van der Waals surface area (Å²) in [7, 11) is -5.17. The monoisotopic (exact) mass is 371 g/mol. The number of ether oxygens (including phenoxy) is 2. The molecule has 0 aliphatic carbocycles. The van der Waals surface area contributed by atoms with E-state index in [0.717, 1.165) is 0 Å². The molecule has 23 heavy (non-hydrogen) atoms. The van der Waals surface area contributed by atoms with Crippen LogP contribution in [0.15, 0.2) is 18.2 Å². The Bertz CT molecular complexity index is 592. The topological polar surface area (TPSA) is 157 Å². The number of aryl methyl sites for hydroxylation is 1. The Morgan fingerprint density at radius 1 is 1.43 bits per heavy atom. The average molecular weight is 372 g/mol. The van der Waals surface area contributed by atoms with Crippen molar-refractivity contribution in [2.45, 2.75) is 19.5 Å². The van der Waals surface area contributed by atoms with Gasteiger partial charge < -0.3 is 29.8 Å². The number of carbonyl (C=O) groups excluding carboxylic acids is 1. The van der Waals surface area contributed by atoms with E-state index in [1.807, 2.05) is 5.32 Å². The van der Waals surface area contributed by atoms with Gasteiger partial charge in [-0.2, -0.15) is 0 Å². The van der Waals surface area contributed by atoms with Crippen molar-refractivity contribution < 1.29 is 39.2 Å². The van der Waals surface area contributed by atoms with E-state index in [1.54, 1.807) is 13.8 Å². The molecule has 1 unspecified atom stereocenters. The molecule has 0 fully saturated rings. The predicted molar refractivity (Wildman–Crippen MR) is 82.1 cm³/mol. The molecular formula is C12H19ClNO8P. The largest absolute Gasteiger partial charge is 0.465 e. The Kier molecular flexibility index (Phi) is 8.16. The number of hydrogen-bond acceptors (Lipinski definition) is 6. The number of aliphatic hydroxyl groups is 1. The van der Waals surface area contributed by atoms with E-state index >= 15 is 0 Å². The SMILES string of the molecule is CCOC(=O)CNC(O)(Oc1ccc(Cl)c(C)c1)P(=O)(O)O.O. The summed E-state index contributed by atoms with van der Waals surface area (Å²) in [5.41, 5.74) is -2.49. The van der Waals surface area contributed by atoms with E-state index in [0.29, 0.717) is 10.6 Å². The summed E-state index contributed by atoms with van der Waals surface area (Å²) in [6.07, 6.45) is 0. The second-order valence-corrected chi connectivity index (χ2v) is 6.43. The van der Waals surface area contributed by atoms with Gasteiger partial charge in [0.1, 0.15) is 12.3 Å². The Hall–Kier alpha value is -1.19. The number of esters is 1. The van der Waals surface area contributed by atoms with E-state index in [4.69, 9.17) is 16.3 Å². The van der Waals surface area contributed by atoms with Crippen molar-refractivity contribution in [1.29, 1.82) is 0 Å². The van der Waals surface area contributed by atoms with Crippen molar-refractivity contribution in [2.75, 3.05) is 13.2 Å². The van der Waals surface area contributed by atoms with Crippen LogP contribution in [0.2, 0.25) is 5.02 Å². The molecule has 6 N–H and O–H groups in total. The zero-order valence-corrected chi connectivity index (χ0v) is 14.1. The molecule has 132 valence electrons. The predicted octanol–water partition coefficient (Wildman–Crippen LogP) is 0.137. The van der Waals surface area contributed by atoms with Crippen LogP contribution in [-0.4, -0.2) is 45.1 Å². The van der Waals surface area contributed by atoms with Gasteiger partial charge in [0.05, 0.1) is 6.61 Å². The number of rotatable bonds is 7. The molecule has 11 heteroatoms. The summed E-state index contributed by atoms with van der Waals surface area (Å²) >= 11 is 5.83. The number of benzene rings is 1. The fourth-order valence-electron chi connectivity index (χ4n) is 1.44. The summed E-state index contributed by atoms with van der Waals surface area (Å²) in [4.78, 5) is 29.8. The van der Waals surface area contributed by atoms with E-state index in [1.165, 1.54) is 18.2 Å².